The number of amides is 1. The number of aryl methyl sites for hydroxylation is 1. The van der Waals surface area contributed by atoms with Crippen LogP contribution in [0.25, 0.3) is 0 Å². The quantitative estimate of drug-likeness (QED) is 0.360. The van der Waals surface area contributed by atoms with Gasteiger partial charge in [-0.3, -0.25) is 18.7 Å². The van der Waals surface area contributed by atoms with Crippen molar-refractivity contribution < 1.29 is 28.3 Å². The van der Waals surface area contributed by atoms with Crippen molar-refractivity contribution in [1.29, 1.82) is 0 Å². The van der Waals surface area contributed by atoms with Crippen LogP contribution < -0.4 is 5.32 Å². The first-order chi connectivity index (χ1) is 14.9. The van der Waals surface area contributed by atoms with E-state index in [1.54, 1.807) is 6.92 Å². The van der Waals surface area contributed by atoms with Gasteiger partial charge in [0.15, 0.2) is 0 Å². The number of hydrogen-bond donors (Lipinski definition) is 2. The minimum Gasteiger partial charge on any atom is -0.466 e. The summed E-state index contributed by atoms with van der Waals surface area (Å²) in [4.78, 5) is 34.5. The van der Waals surface area contributed by atoms with Gasteiger partial charge in [0.1, 0.15) is 6.10 Å². The maximum absolute atomic E-state index is 12.7. The number of nitrogens with one attached hydrogen (secondary N) is 1. The number of rotatable bonds is 13. The molecule has 7 nitrogen and oxygen atoms in total. The number of carbonyl (C=O) groups excluding carboxylic acids is 2. The maximum atomic E-state index is 12.7. The summed E-state index contributed by atoms with van der Waals surface area (Å²) in [5, 5.41) is 2.60. The molecule has 31 heavy (non-hydrogen) atoms. The third-order valence-electron chi connectivity index (χ3n) is 4.53. The second-order valence-corrected chi connectivity index (χ2v) is 9.01. The maximum Gasteiger partial charge on any atom is 0.328 e. The lowest BCUT2D eigenvalue weighted by Gasteiger charge is -2.21. The average molecular weight is 447 g/mol. The van der Waals surface area contributed by atoms with E-state index in [0.29, 0.717) is 12.8 Å². The SMILES string of the molecule is CCOC(=O)CCNC(=O)[C@H](Cc1ccccc1)OP(=O)(O)CCCc1ccccc1. The first-order valence-electron chi connectivity index (χ1n) is 10.4. The molecule has 0 fully saturated rings. The molecule has 0 aliphatic carbocycles. The van der Waals surface area contributed by atoms with E-state index in [0.717, 1.165) is 11.1 Å². The predicted octanol–water partition coefficient (Wildman–Crippen LogP) is 3.50. The molecule has 2 aromatic rings. The highest BCUT2D eigenvalue weighted by molar-refractivity contribution is 7.52. The first kappa shape index (κ1) is 24.8. The Labute approximate surface area is 183 Å². The largest absolute Gasteiger partial charge is 0.466 e. The molecule has 2 N–H and O–H groups in total. The Morgan fingerprint density at radius 3 is 2.26 bits per heavy atom. The van der Waals surface area contributed by atoms with Crippen molar-refractivity contribution in [2.24, 2.45) is 0 Å². The molecule has 0 saturated heterocycles. The molecule has 0 saturated carbocycles. The van der Waals surface area contributed by atoms with Gasteiger partial charge < -0.3 is 14.9 Å². The van der Waals surface area contributed by atoms with E-state index >= 15 is 0 Å². The number of benzene rings is 2. The molecule has 0 aliphatic rings. The van der Waals surface area contributed by atoms with Crippen molar-refractivity contribution >= 4 is 19.5 Å². The lowest BCUT2D eigenvalue weighted by Crippen LogP contribution is -2.38. The predicted molar refractivity (Wildman–Crippen MR) is 119 cm³/mol. The highest BCUT2D eigenvalue weighted by Gasteiger charge is 2.29. The van der Waals surface area contributed by atoms with E-state index in [-0.39, 0.29) is 32.2 Å². The van der Waals surface area contributed by atoms with Gasteiger partial charge in [-0.1, -0.05) is 60.7 Å². The second-order valence-electron chi connectivity index (χ2n) is 7.08. The van der Waals surface area contributed by atoms with Crippen LogP contribution in [0.3, 0.4) is 0 Å². The van der Waals surface area contributed by atoms with Gasteiger partial charge in [-0.05, 0) is 30.9 Å². The molecular weight excluding hydrogens is 417 g/mol. The van der Waals surface area contributed by atoms with Gasteiger partial charge in [-0.25, -0.2) is 0 Å². The van der Waals surface area contributed by atoms with E-state index in [9.17, 15) is 19.0 Å². The Balaban J connectivity index is 1.95. The number of esters is 1. The van der Waals surface area contributed by atoms with Crippen molar-refractivity contribution in [3.05, 3.63) is 71.8 Å². The van der Waals surface area contributed by atoms with Gasteiger partial charge in [0, 0.05) is 13.0 Å². The summed E-state index contributed by atoms with van der Waals surface area (Å²) in [5.41, 5.74) is 1.87. The van der Waals surface area contributed by atoms with E-state index in [1.807, 2.05) is 60.7 Å². The van der Waals surface area contributed by atoms with Gasteiger partial charge in [0.05, 0.1) is 19.2 Å². The molecule has 8 heteroatoms. The smallest absolute Gasteiger partial charge is 0.328 e. The van der Waals surface area contributed by atoms with Crippen LogP contribution in [0.2, 0.25) is 0 Å². The van der Waals surface area contributed by atoms with Crippen LogP contribution in [-0.2, 0) is 36.3 Å². The lowest BCUT2D eigenvalue weighted by molar-refractivity contribution is -0.143. The van der Waals surface area contributed by atoms with Gasteiger partial charge >= 0.3 is 13.6 Å². The third kappa shape index (κ3) is 9.92. The highest BCUT2D eigenvalue weighted by Crippen LogP contribution is 2.44. The summed E-state index contributed by atoms with van der Waals surface area (Å²) in [6, 6.07) is 18.8. The topological polar surface area (TPSA) is 102 Å². The summed E-state index contributed by atoms with van der Waals surface area (Å²) in [6.45, 7) is 2.04. The van der Waals surface area contributed by atoms with E-state index in [1.165, 1.54) is 0 Å². The minimum atomic E-state index is -3.99. The zero-order valence-electron chi connectivity index (χ0n) is 17.7. The summed E-state index contributed by atoms with van der Waals surface area (Å²) in [7, 11) is -3.99. The Bertz CT molecular complexity index is 859. The monoisotopic (exact) mass is 447 g/mol. The van der Waals surface area contributed by atoms with Crippen molar-refractivity contribution in [3.63, 3.8) is 0 Å². The Morgan fingerprint density at radius 2 is 1.65 bits per heavy atom. The molecule has 2 atom stereocenters. The summed E-state index contributed by atoms with van der Waals surface area (Å²) >= 11 is 0. The van der Waals surface area contributed by atoms with Gasteiger partial charge in [-0.2, -0.15) is 0 Å². The van der Waals surface area contributed by atoms with Crippen molar-refractivity contribution in [2.45, 2.75) is 38.7 Å². The molecule has 0 heterocycles. The van der Waals surface area contributed by atoms with Crippen LogP contribution in [-0.4, -0.2) is 42.2 Å². The van der Waals surface area contributed by atoms with Crippen molar-refractivity contribution in [2.75, 3.05) is 19.3 Å². The fourth-order valence-electron chi connectivity index (χ4n) is 3.02. The fraction of sp³-hybridized carbons (Fsp3) is 0.391. The van der Waals surface area contributed by atoms with E-state index in [2.05, 4.69) is 5.32 Å². The van der Waals surface area contributed by atoms with Gasteiger partial charge in [-0.15, -0.1) is 0 Å². The van der Waals surface area contributed by atoms with Crippen LogP contribution in [0.1, 0.15) is 30.9 Å². The summed E-state index contributed by atoms with van der Waals surface area (Å²) < 4.78 is 22.9. The standard InChI is InChI=1S/C23H30NO6P/c1-2-29-22(25)15-16-24-23(26)21(18-20-12-7-4-8-13-20)30-31(27,28)17-9-14-19-10-5-3-6-11-19/h3-8,10-13,21H,2,9,14-18H2,1H3,(H,24,26)(H,27,28)/t21-/m0/s1. The molecule has 168 valence electrons. The van der Waals surface area contributed by atoms with Crippen molar-refractivity contribution in [1.82, 2.24) is 5.32 Å². The minimum absolute atomic E-state index is 0.0193. The third-order valence-corrected chi connectivity index (χ3v) is 6.00. The van der Waals surface area contributed by atoms with E-state index in [4.69, 9.17) is 9.26 Å². The second kappa shape index (κ2) is 13.1. The van der Waals surface area contributed by atoms with Crippen LogP contribution >= 0.6 is 7.60 Å². The molecule has 0 spiro atoms. The lowest BCUT2D eigenvalue weighted by atomic mass is 10.1. The first-order valence-corrected chi connectivity index (χ1v) is 12.2. The molecule has 0 radical (unpaired) electrons. The van der Waals surface area contributed by atoms with Gasteiger partial charge in [0.25, 0.3) is 0 Å². The van der Waals surface area contributed by atoms with Gasteiger partial charge in [0.2, 0.25) is 5.91 Å². The zero-order chi connectivity index (χ0) is 22.5. The van der Waals surface area contributed by atoms with Crippen LogP contribution in [0.4, 0.5) is 0 Å². The summed E-state index contributed by atoms with van der Waals surface area (Å²) in [5.74, 6) is -0.956. The number of ether oxygens (including phenoxy) is 1. The highest BCUT2D eigenvalue weighted by atomic mass is 31.2. The van der Waals surface area contributed by atoms with Crippen molar-refractivity contribution in [3.8, 4) is 0 Å². The zero-order valence-corrected chi connectivity index (χ0v) is 18.6. The molecule has 0 aliphatic heterocycles. The molecule has 2 aromatic carbocycles. The Morgan fingerprint density at radius 1 is 1.03 bits per heavy atom. The van der Waals surface area contributed by atoms with E-state index < -0.39 is 25.6 Å². The molecule has 1 amide bonds. The van der Waals surface area contributed by atoms with Crippen LogP contribution in [0.5, 0.6) is 0 Å². The Hall–Kier alpha value is -2.47. The normalized spacial score (nSPS) is 13.7. The van der Waals surface area contributed by atoms with Crippen LogP contribution in [0, 0.1) is 0 Å². The summed E-state index contributed by atoms with van der Waals surface area (Å²) in [6.07, 6.45) is 0.0750. The number of carbonyl (C=O) groups is 2. The molecule has 0 aromatic heterocycles. The number of hydrogen-bond acceptors (Lipinski definition) is 5. The fourth-order valence-corrected chi connectivity index (χ4v) is 4.25. The Kier molecular flexibility index (Phi) is 10.4. The average Bonchev–Trinajstić information content (AvgIpc) is 2.74. The molecular formula is C23H30NO6P. The molecule has 1 unspecified atom stereocenters. The molecule has 2 rings (SSSR count). The van der Waals surface area contributed by atoms with Crippen LogP contribution in [0.15, 0.2) is 60.7 Å². The molecule has 0 bridgehead atoms.